The van der Waals surface area contributed by atoms with Gasteiger partial charge in [-0.25, -0.2) is 4.98 Å². The number of nitrogens with zero attached hydrogens (tertiary/aromatic N) is 2. The van der Waals surface area contributed by atoms with Gasteiger partial charge in [0.25, 0.3) is 0 Å². The average Bonchev–Trinajstić information content (AvgIpc) is 2.55. The molecule has 2 atom stereocenters. The Bertz CT molecular complexity index is 327. The van der Waals surface area contributed by atoms with Crippen molar-refractivity contribution in [2.24, 2.45) is 18.4 Å². The molecule has 0 bridgehead atoms. The normalized spacial score (nSPS) is 26.1. The third-order valence-corrected chi connectivity index (χ3v) is 3.44. The van der Waals surface area contributed by atoms with E-state index < -0.39 is 0 Å². The molecule has 1 fully saturated rings. The van der Waals surface area contributed by atoms with Crippen LogP contribution in [0.5, 0.6) is 0 Å². The minimum atomic E-state index is 0.407. The SMILES string of the molecule is CNC(c1nccn1C)C1CC1(C)C. The van der Waals surface area contributed by atoms with Gasteiger partial charge in [-0.15, -0.1) is 0 Å². The number of hydrogen-bond donors (Lipinski definition) is 1. The van der Waals surface area contributed by atoms with Crippen molar-refractivity contribution in [2.75, 3.05) is 7.05 Å². The van der Waals surface area contributed by atoms with Crippen molar-refractivity contribution in [3.63, 3.8) is 0 Å². The highest BCUT2D eigenvalue weighted by atomic mass is 15.1. The Hall–Kier alpha value is -0.830. The van der Waals surface area contributed by atoms with E-state index in [1.54, 1.807) is 0 Å². The van der Waals surface area contributed by atoms with Gasteiger partial charge in [0.15, 0.2) is 0 Å². The fraction of sp³-hybridized carbons (Fsp3) is 0.727. The number of aromatic nitrogens is 2. The van der Waals surface area contributed by atoms with E-state index in [9.17, 15) is 0 Å². The summed E-state index contributed by atoms with van der Waals surface area (Å²) in [6.07, 6.45) is 5.18. The summed E-state index contributed by atoms with van der Waals surface area (Å²) in [6.45, 7) is 4.65. The van der Waals surface area contributed by atoms with Crippen molar-refractivity contribution < 1.29 is 0 Å². The molecule has 2 rings (SSSR count). The van der Waals surface area contributed by atoms with Crippen molar-refractivity contribution in [1.82, 2.24) is 14.9 Å². The van der Waals surface area contributed by atoms with Crippen LogP contribution in [-0.4, -0.2) is 16.6 Å². The van der Waals surface area contributed by atoms with Crippen LogP contribution in [0.4, 0.5) is 0 Å². The fourth-order valence-electron chi connectivity index (χ4n) is 2.26. The average molecular weight is 193 g/mol. The lowest BCUT2D eigenvalue weighted by molar-refractivity contribution is 0.416. The topological polar surface area (TPSA) is 29.9 Å². The standard InChI is InChI=1S/C11H19N3/c1-11(2)7-8(11)9(12-3)10-13-5-6-14(10)4/h5-6,8-9,12H,7H2,1-4H3. The van der Waals surface area contributed by atoms with E-state index >= 15 is 0 Å². The first-order chi connectivity index (χ1) is 6.56. The van der Waals surface area contributed by atoms with Crippen molar-refractivity contribution >= 4 is 0 Å². The van der Waals surface area contributed by atoms with Crippen LogP contribution < -0.4 is 5.32 Å². The van der Waals surface area contributed by atoms with Crippen LogP contribution in [0.2, 0.25) is 0 Å². The maximum atomic E-state index is 4.41. The second-order valence-corrected chi connectivity index (χ2v) is 4.96. The molecule has 1 aliphatic carbocycles. The molecular formula is C11H19N3. The van der Waals surface area contributed by atoms with Crippen molar-refractivity contribution in [3.8, 4) is 0 Å². The number of rotatable bonds is 3. The molecule has 0 amide bonds. The Balaban J connectivity index is 2.20. The summed E-state index contributed by atoms with van der Waals surface area (Å²) in [7, 11) is 4.08. The molecule has 3 heteroatoms. The molecule has 2 unspecified atom stereocenters. The Morgan fingerprint density at radius 2 is 2.29 bits per heavy atom. The molecule has 1 aliphatic rings. The molecule has 1 N–H and O–H groups in total. The first-order valence-electron chi connectivity index (χ1n) is 5.21. The second kappa shape index (κ2) is 3.09. The van der Waals surface area contributed by atoms with Crippen LogP contribution in [0.3, 0.4) is 0 Å². The zero-order chi connectivity index (χ0) is 10.3. The predicted octanol–water partition coefficient (Wildman–Crippen LogP) is 1.73. The first kappa shape index (κ1) is 9.71. The first-order valence-corrected chi connectivity index (χ1v) is 5.21. The summed E-state index contributed by atoms with van der Waals surface area (Å²) in [5.74, 6) is 1.89. The molecule has 1 saturated carbocycles. The lowest BCUT2D eigenvalue weighted by atomic mass is 10.0. The van der Waals surface area contributed by atoms with Gasteiger partial charge in [-0.1, -0.05) is 13.8 Å². The van der Waals surface area contributed by atoms with Gasteiger partial charge >= 0.3 is 0 Å². The summed E-state index contributed by atoms with van der Waals surface area (Å²) >= 11 is 0. The Kier molecular flexibility index (Phi) is 2.14. The second-order valence-electron chi connectivity index (χ2n) is 4.96. The van der Waals surface area contributed by atoms with Gasteiger partial charge in [0.2, 0.25) is 0 Å². The van der Waals surface area contributed by atoms with E-state index in [0.29, 0.717) is 11.5 Å². The molecule has 0 spiro atoms. The van der Waals surface area contributed by atoms with Gasteiger partial charge in [0.05, 0.1) is 6.04 Å². The molecular weight excluding hydrogens is 174 g/mol. The van der Waals surface area contributed by atoms with Gasteiger partial charge in [-0.05, 0) is 24.8 Å². The molecule has 0 aromatic carbocycles. The molecule has 0 saturated heterocycles. The molecule has 1 heterocycles. The lowest BCUT2D eigenvalue weighted by Crippen LogP contribution is -2.23. The minimum Gasteiger partial charge on any atom is -0.337 e. The number of imidazole rings is 1. The Morgan fingerprint density at radius 1 is 1.64 bits per heavy atom. The smallest absolute Gasteiger partial charge is 0.125 e. The summed E-state index contributed by atoms with van der Waals surface area (Å²) in [4.78, 5) is 4.41. The van der Waals surface area contributed by atoms with Gasteiger partial charge in [0, 0.05) is 19.4 Å². The summed E-state index contributed by atoms with van der Waals surface area (Å²) in [5, 5.41) is 3.38. The monoisotopic (exact) mass is 193 g/mol. The molecule has 0 radical (unpaired) electrons. The van der Waals surface area contributed by atoms with Crippen LogP contribution >= 0.6 is 0 Å². The zero-order valence-electron chi connectivity index (χ0n) is 9.41. The zero-order valence-corrected chi connectivity index (χ0v) is 9.41. The highest BCUT2D eigenvalue weighted by Crippen LogP contribution is 2.57. The van der Waals surface area contributed by atoms with Crippen LogP contribution in [0.1, 0.15) is 32.1 Å². The van der Waals surface area contributed by atoms with Gasteiger partial charge < -0.3 is 9.88 Å². The van der Waals surface area contributed by atoms with E-state index in [0.717, 1.165) is 11.7 Å². The van der Waals surface area contributed by atoms with E-state index in [1.165, 1.54) is 6.42 Å². The molecule has 78 valence electrons. The maximum absolute atomic E-state index is 4.41. The van der Waals surface area contributed by atoms with Gasteiger partial charge in [-0.3, -0.25) is 0 Å². The van der Waals surface area contributed by atoms with Crippen molar-refractivity contribution in [3.05, 3.63) is 18.2 Å². The van der Waals surface area contributed by atoms with Gasteiger partial charge in [-0.2, -0.15) is 0 Å². The van der Waals surface area contributed by atoms with E-state index in [2.05, 4.69) is 35.8 Å². The quantitative estimate of drug-likeness (QED) is 0.792. The summed E-state index contributed by atoms with van der Waals surface area (Å²) in [5.41, 5.74) is 0.486. The van der Waals surface area contributed by atoms with E-state index in [4.69, 9.17) is 0 Å². The highest BCUT2D eigenvalue weighted by Gasteiger charge is 2.51. The number of nitrogens with one attached hydrogen (secondary N) is 1. The predicted molar refractivity (Wildman–Crippen MR) is 56.9 cm³/mol. The molecule has 0 aliphatic heterocycles. The largest absolute Gasteiger partial charge is 0.337 e. The van der Waals surface area contributed by atoms with E-state index in [1.807, 2.05) is 19.4 Å². The summed E-state index contributed by atoms with van der Waals surface area (Å²) < 4.78 is 2.11. The Labute approximate surface area is 85.5 Å². The van der Waals surface area contributed by atoms with Crippen LogP contribution in [0.15, 0.2) is 12.4 Å². The van der Waals surface area contributed by atoms with E-state index in [-0.39, 0.29) is 0 Å². The number of hydrogen-bond acceptors (Lipinski definition) is 2. The Morgan fingerprint density at radius 3 is 2.64 bits per heavy atom. The summed E-state index contributed by atoms with van der Waals surface area (Å²) in [6, 6.07) is 0.407. The lowest BCUT2D eigenvalue weighted by Gasteiger charge is -2.17. The minimum absolute atomic E-state index is 0.407. The molecule has 1 aromatic heterocycles. The molecule has 1 aromatic rings. The third kappa shape index (κ3) is 1.46. The van der Waals surface area contributed by atoms with Crippen LogP contribution in [-0.2, 0) is 7.05 Å². The fourth-order valence-corrected chi connectivity index (χ4v) is 2.26. The number of aryl methyl sites for hydroxylation is 1. The highest BCUT2D eigenvalue weighted by molar-refractivity contribution is 5.10. The van der Waals surface area contributed by atoms with Crippen LogP contribution in [0, 0.1) is 11.3 Å². The molecule has 14 heavy (non-hydrogen) atoms. The van der Waals surface area contributed by atoms with Crippen molar-refractivity contribution in [2.45, 2.75) is 26.3 Å². The maximum Gasteiger partial charge on any atom is 0.125 e. The third-order valence-electron chi connectivity index (χ3n) is 3.44. The molecule has 3 nitrogen and oxygen atoms in total. The van der Waals surface area contributed by atoms with Gasteiger partial charge in [0.1, 0.15) is 5.82 Å². The van der Waals surface area contributed by atoms with Crippen molar-refractivity contribution in [1.29, 1.82) is 0 Å². The van der Waals surface area contributed by atoms with Crippen LogP contribution in [0.25, 0.3) is 0 Å².